The third-order valence-corrected chi connectivity index (χ3v) is 4.75. The molecular weight excluding hydrogens is 386 g/mol. The average Bonchev–Trinajstić information content (AvgIpc) is 2.67. The lowest BCUT2D eigenvalue weighted by Gasteiger charge is -2.45. The Balaban J connectivity index is 2.28. The number of hydrogen-bond acceptors (Lipinski definition) is 6. The monoisotopic (exact) mass is 417 g/mol. The first kappa shape index (κ1) is 23.5. The predicted octanol–water partition coefficient (Wildman–Crippen LogP) is 3.39. The normalized spacial score (nSPS) is 19.7. The van der Waals surface area contributed by atoms with Crippen LogP contribution >= 0.6 is 0 Å². The molecule has 0 radical (unpaired) electrons. The maximum absolute atomic E-state index is 13.0. The number of carbonyl (C=O) groups is 2. The lowest BCUT2D eigenvalue weighted by Crippen LogP contribution is -2.62. The molecule has 2 atom stereocenters. The second-order valence-electron chi connectivity index (χ2n) is 8.28. The van der Waals surface area contributed by atoms with Crippen molar-refractivity contribution in [1.82, 2.24) is 9.80 Å². The van der Waals surface area contributed by atoms with Gasteiger partial charge >= 0.3 is 12.1 Å². The summed E-state index contributed by atoms with van der Waals surface area (Å²) in [6.07, 6.45) is 0.207. The Hall–Kier alpha value is -2.77. The van der Waals surface area contributed by atoms with Gasteiger partial charge in [-0.15, -0.1) is 0 Å². The Bertz CT molecular complexity index is 758. The highest BCUT2D eigenvalue weighted by Gasteiger charge is 2.38. The summed E-state index contributed by atoms with van der Waals surface area (Å²) < 4.78 is 10.7. The first-order valence-electron chi connectivity index (χ1n) is 10.2. The van der Waals surface area contributed by atoms with Gasteiger partial charge in [0.2, 0.25) is 0 Å². The summed E-state index contributed by atoms with van der Waals surface area (Å²) in [4.78, 5) is 31.5. The standard InChI is InChI=1S/C21H31N5O4/c1-5-29-19(27)15-25-13-17(11-16-9-7-6-8-10-16)26(14-18(25)12-23-24-22)20(28)30-21(2,3)4/h6-10,17-18H,5,11-15H2,1-4H3/t17-,18-/m0/s1. The van der Waals surface area contributed by atoms with Crippen LogP contribution in [0.2, 0.25) is 0 Å². The Kier molecular flexibility index (Phi) is 8.50. The van der Waals surface area contributed by atoms with Crippen LogP contribution in [0, 0.1) is 0 Å². The molecule has 1 aliphatic heterocycles. The SMILES string of the molecule is CCOC(=O)CN1C[C@H](Cc2ccccc2)N(C(=O)OC(C)(C)C)C[C@@H]1CN=[N+]=[N-]. The van der Waals surface area contributed by atoms with Gasteiger partial charge in [0.05, 0.1) is 19.2 Å². The van der Waals surface area contributed by atoms with Crippen LogP contribution in [0.4, 0.5) is 4.79 Å². The Morgan fingerprint density at radius 1 is 1.20 bits per heavy atom. The summed E-state index contributed by atoms with van der Waals surface area (Å²) in [5.41, 5.74) is 9.22. The molecule has 9 heteroatoms. The van der Waals surface area contributed by atoms with Crippen LogP contribution in [-0.2, 0) is 20.7 Å². The van der Waals surface area contributed by atoms with Gasteiger partial charge in [0, 0.05) is 30.6 Å². The minimum atomic E-state index is -0.628. The minimum Gasteiger partial charge on any atom is -0.465 e. The molecule has 1 aromatic carbocycles. The molecule has 0 spiro atoms. The van der Waals surface area contributed by atoms with Gasteiger partial charge in [0.15, 0.2) is 0 Å². The van der Waals surface area contributed by atoms with Gasteiger partial charge in [-0.3, -0.25) is 9.69 Å². The highest BCUT2D eigenvalue weighted by Crippen LogP contribution is 2.22. The van der Waals surface area contributed by atoms with Crippen molar-refractivity contribution in [3.8, 4) is 0 Å². The van der Waals surface area contributed by atoms with Gasteiger partial charge in [-0.05, 0) is 45.2 Å². The molecule has 0 aliphatic carbocycles. The van der Waals surface area contributed by atoms with E-state index in [2.05, 4.69) is 10.0 Å². The van der Waals surface area contributed by atoms with E-state index in [-0.39, 0.29) is 31.1 Å². The van der Waals surface area contributed by atoms with Crippen molar-refractivity contribution in [3.05, 3.63) is 46.3 Å². The van der Waals surface area contributed by atoms with Crippen molar-refractivity contribution < 1.29 is 19.1 Å². The van der Waals surface area contributed by atoms with Crippen molar-refractivity contribution in [2.24, 2.45) is 5.11 Å². The first-order valence-corrected chi connectivity index (χ1v) is 10.2. The molecule has 2 rings (SSSR count). The van der Waals surface area contributed by atoms with Gasteiger partial charge in [-0.2, -0.15) is 0 Å². The van der Waals surface area contributed by atoms with E-state index in [1.54, 1.807) is 11.8 Å². The molecule has 9 nitrogen and oxygen atoms in total. The van der Waals surface area contributed by atoms with Crippen molar-refractivity contribution in [2.75, 3.05) is 32.8 Å². The molecule has 1 aliphatic rings. The van der Waals surface area contributed by atoms with E-state index in [1.165, 1.54) is 0 Å². The second-order valence-corrected chi connectivity index (χ2v) is 8.28. The highest BCUT2D eigenvalue weighted by atomic mass is 16.6. The zero-order valence-electron chi connectivity index (χ0n) is 18.2. The quantitative estimate of drug-likeness (QED) is 0.292. The third-order valence-electron chi connectivity index (χ3n) is 4.75. The van der Waals surface area contributed by atoms with Crippen LogP contribution in [0.5, 0.6) is 0 Å². The zero-order chi connectivity index (χ0) is 22.1. The largest absolute Gasteiger partial charge is 0.465 e. The highest BCUT2D eigenvalue weighted by molar-refractivity contribution is 5.72. The molecule has 0 N–H and O–H groups in total. The van der Waals surface area contributed by atoms with Crippen LogP contribution in [-0.4, -0.2) is 72.3 Å². The summed E-state index contributed by atoms with van der Waals surface area (Å²) in [7, 11) is 0. The summed E-state index contributed by atoms with van der Waals surface area (Å²) in [6.45, 7) is 8.49. The number of hydrogen-bond donors (Lipinski definition) is 0. The number of ether oxygens (including phenoxy) is 2. The maximum Gasteiger partial charge on any atom is 0.410 e. The summed E-state index contributed by atoms with van der Waals surface area (Å²) in [5.74, 6) is -0.340. The summed E-state index contributed by atoms with van der Waals surface area (Å²) in [5, 5.41) is 3.68. The van der Waals surface area contributed by atoms with E-state index in [1.807, 2.05) is 56.0 Å². The number of amides is 1. The van der Waals surface area contributed by atoms with Gasteiger partial charge < -0.3 is 14.4 Å². The number of benzene rings is 1. The van der Waals surface area contributed by atoms with Crippen molar-refractivity contribution in [2.45, 2.75) is 51.8 Å². The summed E-state index contributed by atoms with van der Waals surface area (Å²) in [6, 6.07) is 9.38. The number of carbonyl (C=O) groups excluding carboxylic acids is 2. The zero-order valence-corrected chi connectivity index (χ0v) is 18.2. The average molecular weight is 418 g/mol. The second kappa shape index (κ2) is 10.8. The first-order chi connectivity index (χ1) is 14.2. The number of piperazine rings is 1. The van der Waals surface area contributed by atoms with Crippen molar-refractivity contribution >= 4 is 12.1 Å². The molecule has 0 bridgehead atoms. The molecule has 1 heterocycles. The van der Waals surface area contributed by atoms with Crippen molar-refractivity contribution in [1.29, 1.82) is 0 Å². The lowest BCUT2D eigenvalue weighted by molar-refractivity contribution is -0.146. The van der Waals surface area contributed by atoms with E-state index >= 15 is 0 Å². The van der Waals surface area contributed by atoms with Crippen LogP contribution in [0.15, 0.2) is 35.4 Å². The predicted molar refractivity (Wildman–Crippen MR) is 113 cm³/mol. The molecule has 0 saturated carbocycles. The summed E-state index contributed by atoms with van der Waals surface area (Å²) >= 11 is 0. The Morgan fingerprint density at radius 2 is 1.90 bits per heavy atom. The topological polar surface area (TPSA) is 108 Å². The number of azide groups is 1. The molecule has 1 fully saturated rings. The van der Waals surface area contributed by atoms with Gasteiger partial charge in [0.25, 0.3) is 0 Å². The molecule has 1 saturated heterocycles. The lowest BCUT2D eigenvalue weighted by atomic mass is 9.99. The van der Waals surface area contributed by atoms with E-state index in [4.69, 9.17) is 15.0 Å². The van der Waals surface area contributed by atoms with Gasteiger partial charge in [0.1, 0.15) is 5.60 Å². The van der Waals surface area contributed by atoms with Gasteiger partial charge in [-0.1, -0.05) is 35.4 Å². The molecular formula is C21H31N5O4. The number of rotatable bonds is 7. The fourth-order valence-electron chi connectivity index (χ4n) is 3.49. The molecule has 0 aromatic heterocycles. The van der Waals surface area contributed by atoms with Gasteiger partial charge in [-0.25, -0.2) is 4.79 Å². The van der Waals surface area contributed by atoms with E-state index in [0.717, 1.165) is 5.56 Å². The molecule has 1 amide bonds. The van der Waals surface area contributed by atoms with Crippen LogP contribution in [0.1, 0.15) is 33.3 Å². The van der Waals surface area contributed by atoms with Crippen LogP contribution in [0.25, 0.3) is 10.4 Å². The fraction of sp³-hybridized carbons (Fsp3) is 0.619. The van der Waals surface area contributed by atoms with Crippen molar-refractivity contribution in [3.63, 3.8) is 0 Å². The molecule has 1 aromatic rings. The van der Waals surface area contributed by atoms with E-state index in [9.17, 15) is 9.59 Å². The maximum atomic E-state index is 13.0. The number of esters is 1. The molecule has 30 heavy (non-hydrogen) atoms. The minimum absolute atomic E-state index is 0.0763. The smallest absolute Gasteiger partial charge is 0.410 e. The molecule has 164 valence electrons. The Morgan fingerprint density at radius 3 is 2.50 bits per heavy atom. The van der Waals surface area contributed by atoms with Crippen LogP contribution < -0.4 is 0 Å². The Labute approximate surface area is 177 Å². The fourth-order valence-corrected chi connectivity index (χ4v) is 3.49. The van der Waals surface area contributed by atoms with E-state index in [0.29, 0.717) is 26.1 Å². The van der Waals surface area contributed by atoms with Crippen LogP contribution in [0.3, 0.4) is 0 Å². The third kappa shape index (κ3) is 7.24. The molecule has 0 unspecified atom stereocenters. The van der Waals surface area contributed by atoms with E-state index < -0.39 is 11.7 Å². The number of nitrogens with zero attached hydrogens (tertiary/aromatic N) is 5.